The van der Waals surface area contributed by atoms with Crippen molar-refractivity contribution in [2.45, 2.75) is 6.04 Å². The Morgan fingerprint density at radius 2 is 1.41 bits per heavy atom. The van der Waals surface area contributed by atoms with Crippen LogP contribution in [0.1, 0.15) is 17.2 Å². The molecule has 5 aromatic carbocycles. The number of hydrogen-bond donors (Lipinski definition) is 1. The van der Waals surface area contributed by atoms with Crippen molar-refractivity contribution in [3.8, 4) is 22.6 Å². The molecule has 0 fully saturated rings. The first kappa shape index (κ1) is 21.5. The second kappa shape index (κ2) is 8.38. The third kappa shape index (κ3) is 3.26. The topological polar surface area (TPSA) is 43.3 Å². The van der Waals surface area contributed by atoms with Crippen LogP contribution in [0.5, 0.6) is 5.75 Å². The zero-order valence-electron chi connectivity index (χ0n) is 20.3. The van der Waals surface area contributed by atoms with E-state index >= 15 is 0 Å². The molecule has 0 spiro atoms. The van der Waals surface area contributed by atoms with Crippen LogP contribution in [-0.2, 0) is 0 Å². The van der Waals surface area contributed by atoms with Gasteiger partial charge in [-0.2, -0.15) is 0 Å². The zero-order valence-corrected chi connectivity index (χ0v) is 20.3. The maximum atomic E-state index is 14.6. The van der Waals surface area contributed by atoms with Crippen LogP contribution in [-0.4, -0.2) is 11.7 Å². The summed E-state index contributed by atoms with van der Waals surface area (Å²) in [5.74, 6) is 0.784. The van der Waals surface area contributed by atoms with Gasteiger partial charge in [-0.15, -0.1) is 0 Å². The Morgan fingerprint density at radius 1 is 0.703 bits per heavy atom. The van der Waals surface area contributed by atoms with Gasteiger partial charge < -0.3 is 10.1 Å². The summed E-state index contributed by atoms with van der Waals surface area (Å²) in [6, 6.07) is 38.4. The van der Waals surface area contributed by atoms with Crippen LogP contribution in [0.3, 0.4) is 0 Å². The minimum atomic E-state index is -0.318. The lowest BCUT2D eigenvalue weighted by Gasteiger charge is -2.32. The Bertz CT molecular complexity index is 1850. The van der Waals surface area contributed by atoms with Gasteiger partial charge in [-0.3, -0.25) is 9.36 Å². The molecule has 1 atom stereocenters. The molecule has 0 radical (unpaired) electrons. The van der Waals surface area contributed by atoms with Crippen molar-refractivity contribution in [2.75, 3.05) is 12.4 Å². The van der Waals surface area contributed by atoms with E-state index in [-0.39, 0.29) is 11.6 Å². The summed E-state index contributed by atoms with van der Waals surface area (Å²) in [4.78, 5) is 14.6. The third-order valence-corrected chi connectivity index (χ3v) is 7.35. The van der Waals surface area contributed by atoms with E-state index in [1.165, 1.54) is 0 Å². The first-order valence-corrected chi connectivity index (χ1v) is 12.4. The number of nitrogens with zero attached hydrogens (tertiary/aromatic N) is 1. The summed E-state index contributed by atoms with van der Waals surface area (Å²) >= 11 is 0. The lowest BCUT2D eigenvalue weighted by Crippen LogP contribution is -2.31. The van der Waals surface area contributed by atoms with E-state index in [9.17, 15) is 4.79 Å². The normalized spacial score (nSPS) is 14.1. The van der Waals surface area contributed by atoms with Crippen LogP contribution in [0.4, 0.5) is 5.69 Å². The average molecular weight is 481 g/mol. The Balaban J connectivity index is 1.65. The van der Waals surface area contributed by atoms with E-state index in [1.807, 2.05) is 71.3 Å². The van der Waals surface area contributed by atoms with E-state index < -0.39 is 0 Å². The van der Waals surface area contributed by atoms with E-state index in [1.54, 1.807) is 7.11 Å². The monoisotopic (exact) mass is 480 g/mol. The summed E-state index contributed by atoms with van der Waals surface area (Å²) in [5, 5.41) is 7.06. The van der Waals surface area contributed by atoms with Crippen LogP contribution in [0.2, 0.25) is 0 Å². The Kier molecular flexibility index (Phi) is 4.86. The van der Waals surface area contributed by atoms with Gasteiger partial charge in [0.1, 0.15) is 5.75 Å². The summed E-state index contributed by atoms with van der Waals surface area (Å²) in [5.41, 5.74) is 6.58. The Hall–Kier alpha value is -4.83. The number of pyridine rings is 1. The van der Waals surface area contributed by atoms with Gasteiger partial charge in [-0.05, 0) is 52.7 Å². The van der Waals surface area contributed by atoms with Gasteiger partial charge in [0.15, 0.2) is 0 Å². The molecule has 2 heterocycles. The number of hydrogen-bond acceptors (Lipinski definition) is 3. The van der Waals surface area contributed by atoms with Crippen molar-refractivity contribution in [3.63, 3.8) is 0 Å². The number of rotatable bonds is 3. The minimum Gasteiger partial charge on any atom is -0.497 e. The van der Waals surface area contributed by atoms with Crippen molar-refractivity contribution < 1.29 is 4.74 Å². The number of anilines is 1. The molecule has 4 nitrogen and oxygen atoms in total. The molecule has 7 rings (SSSR count). The first-order chi connectivity index (χ1) is 18.2. The smallest absolute Gasteiger partial charge is 0.261 e. The maximum absolute atomic E-state index is 14.6. The SMILES string of the molecule is COc1ccc([C@H]2Nc3ccc4ccccc4c3-c3c2c(=O)n(-c2ccccc2)c2ccccc32)cc1. The number of para-hydroxylation sites is 2. The molecule has 1 aliphatic heterocycles. The molecule has 0 saturated carbocycles. The molecule has 0 amide bonds. The molecule has 0 aliphatic carbocycles. The predicted molar refractivity (Wildman–Crippen MR) is 151 cm³/mol. The summed E-state index contributed by atoms with van der Waals surface area (Å²) in [7, 11) is 1.66. The number of methoxy groups -OCH3 is 1. The molecular formula is C33H24N2O2. The van der Waals surface area contributed by atoms with Gasteiger partial charge >= 0.3 is 0 Å². The Morgan fingerprint density at radius 3 is 2.19 bits per heavy atom. The van der Waals surface area contributed by atoms with Crippen LogP contribution in [0.15, 0.2) is 120 Å². The van der Waals surface area contributed by atoms with Gasteiger partial charge in [0.2, 0.25) is 0 Å². The maximum Gasteiger partial charge on any atom is 0.261 e. The van der Waals surface area contributed by atoms with Gasteiger partial charge in [0.25, 0.3) is 5.56 Å². The van der Waals surface area contributed by atoms with Crippen LogP contribution < -0.4 is 15.6 Å². The second-order valence-corrected chi connectivity index (χ2v) is 9.34. The molecule has 6 aromatic rings. The van der Waals surface area contributed by atoms with Gasteiger partial charge in [-0.25, -0.2) is 0 Å². The average Bonchev–Trinajstić information content (AvgIpc) is 2.97. The number of benzene rings is 5. The van der Waals surface area contributed by atoms with Crippen LogP contribution >= 0.6 is 0 Å². The van der Waals surface area contributed by atoms with Crippen molar-refractivity contribution >= 4 is 27.4 Å². The van der Waals surface area contributed by atoms with Crippen molar-refractivity contribution in [3.05, 3.63) is 137 Å². The highest BCUT2D eigenvalue weighted by molar-refractivity contribution is 6.11. The van der Waals surface area contributed by atoms with Gasteiger partial charge in [-0.1, -0.05) is 78.9 Å². The quantitative estimate of drug-likeness (QED) is 0.288. The fourth-order valence-corrected chi connectivity index (χ4v) is 5.67. The molecule has 37 heavy (non-hydrogen) atoms. The molecule has 1 aliphatic rings. The van der Waals surface area contributed by atoms with Crippen LogP contribution in [0.25, 0.3) is 38.5 Å². The zero-order chi connectivity index (χ0) is 24.9. The highest BCUT2D eigenvalue weighted by atomic mass is 16.5. The fourth-order valence-electron chi connectivity index (χ4n) is 5.67. The lowest BCUT2D eigenvalue weighted by molar-refractivity contribution is 0.414. The number of nitrogens with one attached hydrogen (secondary N) is 1. The molecule has 0 saturated heterocycles. The van der Waals surface area contributed by atoms with Gasteiger partial charge in [0.05, 0.1) is 24.2 Å². The minimum absolute atomic E-state index is 0.0215. The van der Waals surface area contributed by atoms with E-state index in [2.05, 4.69) is 53.8 Å². The van der Waals surface area contributed by atoms with Crippen molar-refractivity contribution in [1.29, 1.82) is 0 Å². The van der Waals surface area contributed by atoms with E-state index in [0.717, 1.165) is 61.1 Å². The number of ether oxygens (including phenoxy) is 1. The third-order valence-electron chi connectivity index (χ3n) is 7.35. The van der Waals surface area contributed by atoms with Crippen molar-refractivity contribution in [1.82, 2.24) is 4.57 Å². The summed E-state index contributed by atoms with van der Waals surface area (Å²) < 4.78 is 7.25. The van der Waals surface area contributed by atoms with Crippen molar-refractivity contribution in [2.24, 2.45) is 0 Å². The molecule has 0 unspecified atom stereocenters. The fraction of sp³-hybridized carbons (Fsp3) is 0.0606. The molecule has 4 heteroatoms. The summed E-state index contributed by atoms with van der Waals surface area (Å²) in [6.07, 6.45) is 0. The second-order valence-electron chi connectivity index (χ2n) is 9.34. The molecule has 178 valence electrons. The van der Waals surface area contributed by atoms with E-state index in [0.29, 0.717) is 0 Å². The van der Waals surface area contributed by atoms with Crippen LogP contribution in [0, 0.1) is 0 Å². The summed E-state index contributed by atoms with van der Waals surface area (Å²) in [6.45, 7) is 0. The number of fused-ring (bicyclic) bond motifs is 7. The lowest BCUT2D eigenvalue weighted by atomic mass is 9.83. The number of aromatic nitrogens is 1. The van der Waals surface area contributed by atoms with Gasteiger partial charge in [0, 0.05) is 27.9 Å². The molecule has 0 bridgehead atoms. The Labute approximate surface area is 214 Å². The molecular weight excluding hydrogens is 456 g/mol. The standard InChI is InChI=1S/C33H24N2O2/c1-37-24-18-15-22(16-19-24)32-31-30(29-25-12-6-5-9-21(25)17-20-27(29)34-32)26-13-7-8-14-28(26)35(33(31)36)23-10-3-2-4-11-23/h2-20,32,34H,1H3/t32-/m1/s1. The predicted octanol–water partition coefficient (Wildman–Crippen LogP) is 7.33. The highest BCUT2D eigenvalue weighted by Gasteiger charge is 2.32. The van der Waals surface area contributed by atoms with E-state index in [4.69, 9.17) is 4.74 Å². The first-order valence-electron chi connectivity index (χ1n) is 12.4. The molecule has 1 aromatic heterocycles. The molecule has 1 N–H and O–H groups in total. The highest BCUT2D eigenvalue weighted by Crippen LogP contribution is 2.48. The largest absolute Gasteiger partial charge is 0.497 e.